The number of hydrogen-bond acceptors (Lipinski definition) is 3. The summed E-state index contributed by atoms with van der Waals surface area (Å²) in [5, 5.41) is 0. The summed E-state index contributed by atoms with van der Waals surface area (Å²) in [6, 6.07) is 0. The minimum atomic E-state index is -0.492. The summed E-state index contributed by atoms with van der Waals surface area (Å²) in [7, 11) is 0. The number of carbonyl (C=O) groups is 1. The number of rotatable bonds is 5. The van der Waals surface area contributed by atoms with Crippen LogP contribution in [0.4, 0.5) is 0 Å². The lowest BCUT2D eigenvalue weighted by Crippen LogP contribution is -2.49. The van der Waals surface area contributed by atoms with Gasteiger partial charge in [0.05, 0.1) is 5.60 Å². The Morgan fingerprint density at radius 2 is 2.31 bits per heavy atom. The molecule has 0 aromatic carbocycles. The summed E-state index contributed by atoms with van der Waals surface area (Å²) in [5.41, 5.74) is 10.8. The zero-order valence-electron chi connectivity index (χ0n) is 10.4. The topological polar surface area (TPSA) is 78.3 Å². The van der Waals surface area contributed by atoms with Gasteiger partial charge >= 0.3 is 0 Å². The first-order valence-corrected chi connectivity index (χ1v) is 6.20. The Labute approximate surface area is 97.7 Å². The van der Waals surface area contributed by atoms with E-state index in [9.17, 15) is 4.79 Å². The number of hydrogen-bond donors (Lipinski definition) is 2. The van der Waals surface area contributed by atoms with Crippen LogP contribution in [-0.4, -0.2) is 24.2 Å². The smallest absolute Gasteiger partial charge is 0.246 e. The van der Waals surface area contributed by atoms with Gasteiger partial charge in [0, 0.05) is 6.54 Å². The predicted octanol–water partition coefficient (Wildman–Crippen LogP) is 1.17. The second-order valence-electron chi connectivity index (χ2n) is 5.01. The zero-order valence-corrected chi connectivity index (χ0v) is 10.4. The van der Waals surface area contributed by atoms with E-state index in [2.05, 4.69) is 6.92 Å². The van der Waals surface area contributed by atoms with Crippen molar-refractivity contribution in [2.45, 2.75) is 57.7 Å². The highest BCUT2D eigenvalue weighted by molar-refractivity contribution is 5.78. The Bertz CT molecular complexity index is 245. The van der Waals surface area contributed by atoms with Crippen molar-refractivity contribution in [3.8, 4) is 0 Å². The SMILES string of the molecule is CCC(OC1(CN)CCCC(C)C1)C(N)=O. The van der Waals surface area contributed by atoms with Crippen molar-refractivity contribution in [1.82, 2.24) is 0 Å². The van der Waals surface area contributed by atoms with Crippen molar-refractivity contribution >= 4 is 5.91 Å². The lowest BCUT2D eigenvalue weighted by atomic mass is 9.78. The fraction of sp³-hybridized carbons (Fsp3) is 0.917. The van der Waals surface area contributed by atoms with E-state index in [0.717, 1.165) is 19.3 Å². The Morgan fingerprint density at radius 3 is 2.75 bits per heavy atom. The first kappa shape index (κ1) is 13.5. The average Bonchev–Trinajstić information content (AvgIpc) is 2.25. The lowest BCUT2D eigenvalue weighted by molar-refractivity contribution is -0.151. The molecule has 4 nitrogen and oxygen atoms in total. The molecule has 0 spiro atoms. The van der Waals surface area contributed by atoms with E-state index in [1.54, 1.807) is 0 Å². The van der Waals surface area contributed by atoms with Crippen molar-refractivity contribution in [3.63, 3.8) is 0 Å². The van der Waals surface area contributed by atoms with Crippen LogP contribution in [0.2, 0.25) is 0 Å². The first-order valence-electron chi connectivity index (χ1n) is 6.20. The van der Waals surface area contributed by atoms with Gasteiger partial charge in [-0.3, -0.25) is 4.79 Å². The van der Waals surface area contributed by atoms with Gasteiger partial charge < -0.3 is 16.2 Å². The maximum atomic E-state index is 11.2. The minimum Gasteiger partial charge on any atom is -0.367 e. The minimum absolute atomic E-state index is 0.326. The molecule has 1 rings (SSSR count). The van der Waals surface area contributed by atoms with Gasteiger partial charge in [-0.25, -0.2) is 0 Å². The van der Waals surface area contributed by atoms with Gasteiger partial charge in [0.1, 0.15) is 6.10 Å². The van der Waals surface area contributed by atoms with Crippen LogP contribution in [0.25, 0.3) is 0 Å². The Hall–Kier alpha value is -0.610. The van der Waals surface area contributed by atoms with Gasteiger partial charge in [-0.2, -0.15) is 0 Å². The molecule has 0 aromatic heterocycles. The van der Waals surface area contributed by atoms with Gasteiger partial charge in [0.2, 0.25) is 5.91 Å². The van der Waals surface area contributed by atoms with Gasteiger partial charge in [-0.05, 0) is 25.2 Å². The van der Waals surface area contributed by atoms with Crippen LogP contribution >= 0.6 is 0 Å². The van der Waals surface area contributed by atoms with E-state index >= 15 is 0 Å². The van der Waals surface area contributed by atoms with Gasteiger partial charge in [-0.15, -0.1) is 0 Å². The van der Waals surface area contributed by atoms with Crippen molar-refractivity contribution < 1.29 is 9.53 Å². The molecule has 1 saturated carbocycles. The predicted molar refractivity (Wildman–Crippen MR) is 63.8 cm³/mol. The highest BCUT2D eigenvalue weighted by atomic mass is 16.5. The normalized spacial score (nSPS) is 32.3. The summed E-state index contributed by atoms with van der Waals surface area (Å²) < 4.78 is 5.91. The van der Waals surface area contributed by atoms with E-state index in [0.29, 0.717) is 18.9 Å². The Morgan fingerprint density at radius 1 is 1.62 bits per heavy atom. The Kier molecular flexibility index (Phi) is 4.74. The fourth-order valence-corrected chi connectivity index (χ4v) is 2.60. The van der Waals surface area contributed by atoms with Gasteiger partial charge in [0.15, 0.2) is 0 Å². The van der Waals surface area contributed by atoms with Crippen LogP contribution in [0.3, 0.4) is 0 Å². The number of primary amides is 1. The summed E-state index contributed by atoms with van der Waals surface area (Å²) in [6.45, 7) is 4.59. The van der Waals surface area contributed by atoms with E-state index in [-0.39, 0.29) is 11.5 Å². The van der Waals surface area contributed by atoms with E-state index < -0.39 is 6.10 Å². The van der Waals surface area contributed by atoms with Crippen molar-refractivity contribution in [2.75, 3.05) is 6.54 Å². The molecule has 0 aliphatic heterocycles. The van der Waals surface area contributed by atoms with E-state index in [1.165, 1.54) is 6.42 Å². The number of nitrogens with two attached hydrogens (primary N) is 2. The molecule has 1 aliphatic rings. The molecule has 3 unspecified atom stereocenters. The molecule has 4 N–H and O–H groups in total. The maximum absolute atomic E-state index is 11.2. The average molecular weight is 228 g/mol. The van der Waals surface area contributed by atoms with E-state index in [1.807, 2.05) is 6.92 Å². The van der Waals surface area contributed by atoms with Crippen LogP contribution < -0.4 is 11.5 Å². The molecule has 3 atom stereocenters. The summed E-state index contributed by atoms with van der Waals surface area (Å²) in [5.74, 6) is 0.233. The van der Waals surface area contributed by atoms with Crippen LogP contribution in [-0.2, 0) is 9.53 Å². The molecule has 1 amide bonds. The van der Waals surface area contributed by atoms with Crippen LogP contribution in [0.1, 0.15) is 46.0 Å². The molecule has 1 fully saturated rings. The molecule has 0 radical (unpaired) electrons. The highest BCUT2D eigenvalue weighted by Crippen LogP contribution is 2.35. The van der Waals surface area contributed by atoms with Crippen LogP contribution in [0, 0.1) is 5.92 Å². The monoisotopic (exact) mass is 228 g/mol. The lowest BCUT2D eigenvalue weighted by Gasteiger charge is -2.40. The molecule has 0 saturated heterocycles. The standard InChI is InChI=1S/C12H24N2O2/c1-3-10(11(14)15)16-12(8-13)6-4-5-9(2)7-12/h9-10H,3-8,13H2,1-2H3,(H2,14,15). The summed E-state index contributed by atoms with van der Waals surface area (Å²) in [6.07, 6.45) is 4.34. The van der Waals surface area contributed by atoms with Crippen LogP contribution in [0.15, 0.2) is 0 Å². The molecular formula is C12H24N2O2. The second-order valence-corrected chi connectivity index (χ2v) is 5.01. The molecule has 0 heterocycles. The van der Waals surface area contributed by atoms with Gasteiger partial charge in [-0.1, -0.05) is 26.7 Å². The van der Waals surface area contributed by atoms with Crippen molar-refractivity contribution in [3.05, 3.63) is 0 Å². The number of amides is 1. The van der Waals surface area contributed by atoms with Gasteiger partial charge in [0.25, 0.3) is 0 Å². The highest BCUT2D eigenvalue weighted by Gasteiger charge is 2.37. The third kappa shape index (κ3) is 3.19. The van der Waals surface area contributed by atoms with Crippen LogP contribution in [0.5, 0.6) is 0 Å². The third-order valence-electron chi connectivity index (χ3n) is 3.50. The Balaban J connectivity index is 2.68. The second kappa shape index (κ2) is 5.64. The quantitative estimate of drug-likeness (QED) is 0.741. The summed E-state index contributed by atoms with van der Waals surface area (Å²) >= 11 is 0. The molecule has 4 heteroatoms. The van der Waals surface area contributed by atoms with Crippen molar-refractivity contribution in [1.29, 1.82) is 0 Å². The molecule has 1 aliphatic carbocycles. The van der Waals surface area contributed by atoms with E-state index in [4.69, 9.17) is 16.2 Å². The molecule has 0 bridgehead atoms. The molecule has 16 heavy (non-hydrogen) atoms. The zero-order chi connectivity index (χ0) is 12.2. The maximum Gasteiger partial charge on any atom is 0.246 e. The first-order chi connectivity index (χ1) is 7.53. The molecule has 94 valence electrons. The molecule has 0 aromatic rings. The molecular weight excluding hydrogens is 204 g/mol. The third-order valence-corrected chi connectivity index (χ3v) is 3.50. The largest absolute Gasteiger partial charge is 0.367 e. The number of ether oxygens (including phenoxy) is 1. The number of carbonyl (C=O) groups excluding carboxylic acids is 1. The fourth-order valence-electron chi connectivity index (χ4n) is 2.60. The van der Waals surface area contributed by atoms with Crippen molar-refractivity contribution in [2.24, 2.45) is 17.4 Å². The summed E-state index contributed by atoms with van der Waals surface area (Å²) in [4.78, 5) is 11.2.